The Morgan fingerprint density at radius 2 is 1.42 bits per heavy atom. The fraction of sp³-hybridized carbons (Fsp3) is 0.400. The molecule has 1 heterocycles. The summed E-state index contributed by atoms with van der Waals surface area (Å²) in [4.78, 5) is 39.2. The third-order valence-electron chi connectivity index (χ3n) is 7.71. The van der Waals surface area contributed by atoms with Crippen LogP contribution < -0.4 is 9.47 Å². The highest BCUT2D eigenvalue weighted by molar-refractivity contribution is 6.00. The summed E-state index contributed by atoms with van der Waals surface area (Å²) in [5, 5.41) is 0. The van der Waals surface area contributed by atoms with E-state index in [4.69, 9.17) is 18.9 Å². The quantitative estimate of drug-likeness (QED) is 0.171. The number of carbonyl (C=O) groups excluding carboxylic acids is 3. The molecular weight excluding hydrogens is 546 g/mol. The van der Waals surface area contributed by atoms with Crippen LogP contribution in [0.25, 0.3) is 0 Å². The van der Waals surface area contributed by atoms with Crippen molar-refractivity contribution in [1.29, 1.82) is 0 Å². The van der Waals surface area contributed by atoms with Gasteiger partial charge in [-0.3, -0.25) is 9.59 Å². The smallest absolute Gasteiger partial charge is 0.337 e. The molecule has 0 unspecified atom stereocenters. The van der Waals surface area contributed by atoms with Crippen molar-refractivity contribution in [3.8, 4) is 11.5 Å². The van der Waals surface area contributed by atoms with E-state index >= 15 is 0 Å². The van der Waals surface area contributed by atoms with Crippen LogP contribution in [-0.4, -0.2) is 63.3 Å². The lowest BCUT2D eigenvalue weighted by molar-refractivity contribution is -0.146. The maximum Gasteiger partial charge on any atom is 0.337 e. The van der Waals surface area contributed by atoms with Crippen molar-refractivity contribution in [2.24, 2.45) is 5.92 Å². The molecule has 0 N–H and O–H groups in total. The summed E-state index contributed by atoms with van der Waals surface area (Å²) in [6.07, 6.45) is 5.77. The summed E-state index contributed by atoms with van der Waals surface area (Å²) in [5.74, 6) is 0.0644. The lowest BCUT2D eigenvalue weighted by Gasteiger charge is -2.31. The number of amides is 1. The lowest BCUT2D eigenvalue weighted by atomic mass is 9.96. The Labute approximate surface area is 253 Å². The van der Waals surface area contributed by atoms with E-state index in [1.807, 2.05) is 18.2 Å². The first kappa shape index (κ1) is 31.6. The monoisotopic (exact) mass is 587 g/mol. The Hall–Kier alpha value is -4.33. The number of hydrogen-bond acceptors (Lipinski definition) is 7. The Bertz CT molecular complexity index is 1330. The lowest BCUT2D eigenvalue weighted by Crippen LogP contribution is -2.40. The molecule has 3 aromatic rings. The summed E-state index contributed by atoms with van der Waals surface area (Å²) in [7, 11) is 2.68. The molecule has 8 heteroatoms. The molecule has 0 bridgehead atoms. The Morgan fingerprint density at radius 1 is 0.744 bits per heavy atom. The minimum Gasteiger partial charge on any atom is -0.494 e. The van der Waals surface area contributed by atoms with Gasteiger partial charge in [0, 0.05) is 13.1 Å². The van der Waals surface area contributed by atoms with Crippen molar-refractivity contribution in [3.05, 3.63) is 95.1 Å². The first-order chi connectivity index (χ1) is 21.0. The van der Waals surface area contributed by atoms with Gasteiger partial charge in [-0.15, -0.1) is 0 Å². The average molecular weight is 588 g/mol. The van der Waals surface area contributed by atoms with Crippen LogP contribution in [0, 0.1) is 5.92 Å². The van der Waals surface area contributed by atoms with Gasteiger partial charge in [-0.05, 0) is 86.4 Å². The van der Waals surface area contributed by atoms with E-state index in [9.17, 15) is 14.4 Å². The summed E-state index contributed by atoms with van der Waals surface area (Å²) in [6, 6.07) is 23.4. The number of likely N-dealkylation sites (tertiary alicyclic amines) is 1. The second kappa shape index (κ2) is 16.3. The molecule has 0 saturated carbocycles. The van der Waals surface area contributed by atoms with Crippen LogP contribution in [0.3, 0.4) is 0 Å². The van der Waals surface area contributed by atoms with Gasteiger partial charge < -0.3 is 23.8 Å². The SMILES string of the molecule is COC(=O)c1ccc(OCCCc2ccc(OCCCCc3ccccc3)cc2)c(C(=O)N2CCC(C(=O)OC)CC2)c1. The second-order valence-corrected chi connectivity index (χ2v) is 10.7. The number of methoxy groups -OCH3 is 2. The number of nitrogens with zero attached hydrogens (tertiary/aromatic N) is 1. The predicted molar refractivity (Wildman–Crippen MR) is 164 cm³/mol. The minimum absolute atomic E-state index is 0.211. The van der Waals surface area contributed by atoms with Gasteiger partial charge in [-0.2, -0.15) is 0 Å². The van der Waals surface area contributed by atoms with Crippen LogP contribution in [0.5, 0.6) is 11.5 Å². The number of unbranched alkanes of at least 4 members (excludes halogenated alkanes) is 1. The molecule has 0 aliphatic carbocycles. The number of piperidine rings is 1. The fourth-order valence-electron chi connectivity index (χ4n) is 5.20. The highest BCUT2D eigenvalue weighted by Crippen LogP contribution is 2.26. The molecule has 228 valence electrons. The zero-order valence-electron chi connectivity index (χ0n) is 25.1. The number of carbonyl (C=O) groups is 3. The first-order valence-corrected chi connectivity index (χ1v) is 15.0. The molecule has 3 aromatic carbocycles. The maximum atomic E-state index is 13.5. The molecule has 0 aromatic heterocycles. The summed E-state index contributed by atoms with van der Waals surface area (Å²) in [6.45, 7) is 1.95. The topological polar surface area (TPSA) is 91.4 Å². The van der Waals surface area contributed by atoms with E-state index in [1.165, 1.54) is 31.4 Å². The molecule has 4 rings (SSSR count). The van der Waals surface area contributed by atoms with Gasteiger partial charge >= 0.3 is 11.9 Å². The van der Waals surface area contributed by atoms with Crippen LogP contribution in [0.1, 0.15) is 63.9 Å². The van der Waals surface area contributed by atoms with Gasteiger partial charge in [-0.1, -0.05) is 42.5 Å². The summed E-state index contributed by atoms with van der Waals surface area (Å²) in [5.41, 5.74) is 3.12. The van der Waals surface area contributed by atoms with Gasteiger partial charge in [-0.25, -0.2) is 4.79 Å². The van der Waals surface area contributed by atoms with Crippen molar-refractivity contribution in [3.63, 3.8) is 0 Å². The van der Waals surface area contributed by atoms with E-state index in [0.29, 0.717) is 50.5 Å². The Kier molecular flexibility index (Phi) is 12.0. The van der Waals surface area contributed by atoms with E-state index in [2.05, 4.69) is 36.4 Å². The number of ether oxygens (including phenoxy) is 4. The van der Waals surface area contributed by atoms with Gasteiger partial charge in [0.1, 0.15) is 11.5 Å². The largest absolute Gasteiger partial charge is 0.494 e. The van der Waals surface area contributed by atoms with Crippen LogP contribution in [0.2, 0.25) is 0 Å². The van der Waals surface area contributed by atoms with Crippen molar-refractivity contribution in [2.45, 2.75) is 44.9 Å². The third kappa shape index (κ3) is 9.33. The zero-order chi connectivity index (χ0) is 30.4. The van der Waals surface area contributed by atoms with Crippen LogP contribution >= 0.6 is 0 Å². The minimum atomic E-state index is -0.524. The van der Waals surface area contributed by atoms with Crippen LogP contribution in [0.4, 0.5) is 0 Å². The third-order valence-corrected chi connectivity index (χ3v) is 7.71. The summed E-state index contributed by atoms with van der Waals surface area (Å²) >= 11 is 0. The fourth-order valence-corrected chi connectivity index (χ4v) is 5.20. The maximum absolute atomic E-state index is 13.5. The molecule has 0 spiro atoms. The van der Waals surface area contributed by atoms with Crippen LogP contribution in [0.15, 0.2) is 72.8 Å². The van der Waals surface area contributed by atoms with E-state index in [0.717, 1.165) is 37.9 Å². The number of esters is 2. The predicted octanol–water partition coefficient (Wildman–Crippen LogP) is 5.91. The Balaban J connectivity index is 1.25. The van der Waals surface area contributed by atoms with Crippen LogP contribution in [-0.2, 0) is 27.1 Å². The number of aryl methyl sites for hydroxylation is 2. The highest BCUT2D eigenvalue weighted by Gasteiger charge is 2.30. The molecule has 1 fully saturated rings. The highest BCUT2D eigenvalue weighted by atomic mass is 16.5. The van der Waals surface area contributed by atoms with Crippen molar-refractivity contribution < 1.29 is 33.3 Å². The molecule has 1 saturated heterocycles. The molecule has 1 aliphatic rings. The van der Waals surface area contributed by atoms with Crippen molar-refractivity contribution in [1.82, 2.24) is 4.90 Å². The van der Waals surface area contributed by atoms with Crippen molar-refractivity contribution in [2.75, 3.05) is 40.5 Å². The second-order valence-electron chi connectivity index (χ2n) is 10.7. The number of benzene rings is 3. The van der Waals surface area contributed by atoms with Crippen molar-refractivity contribution >= 4 is 17.8 Å². The molecule has 8 nitrogen and oxygen atoms in total. The molecule has 1 amide bonds. The zero-order valence-corrected chi connectivity index (χ0v) is 25.1. The van der Waals surface area contributed by atoms with E-state index < -0.39 is 5.97 Å². The molecule has 0 radical (unpaired) electrons. The molecular formula is C35H41NO7. The number of rotatable bonds is 14. The molecule has 0 atom stereocenters. The standard InChI is InChI=1S/C35H41NO7/c1-40-34(38)28-19-21-36(22-20-28)33(37)31-25-29(35(39)41-2)15-18-32(31)43-24-8-12-27-13-16-30(17-14-27)42-23-7-6-11-26-9-4-3-5-10-26/h3-5,9-10,13-18,25,28H,6-8,11-12,19-24H2,1-2H3. The van der Waals surface area contributed by atoms with Gasteiger partial charge in [0.15, 0.2) is 0 Å². The normalized spacial score (nSPS) is 13.3. The Morgan fingerprint density at radius 3 is 2.12 bits per heavy atom. The average Bonchev–Trinajstić information content (AvgIpc) is 3.06. The van der Waals surface area contributed by atoms with Gasteiger partial charge in [0.05, 0.1) is 44.5 Å². The van der Waals surface area contributed by atoms with Gasteiger partial charge in [0.2, 0.25) is 0 Å². The summed E-state index contributed by atoms with van der Waals surface area (Å²) < 4.78 is 21.7. The molecule has 1 aliphatic heterocycles. The first-order valence-electron chi connectivity index (χ1n) is 15.0. The van der Waals surface area contributed by atoms with E-state index in [-0.39, 0.29) is 23.4 Å². The number of hydrogen-bond donors (Lipinski definition) is 0. The molecule has 43 heavy (non-hydrogen) atoms. The van der Waals surface area contributed by atoms with E-state index in [1.54, 1.807) is 17.0 Å². The van der Waals surface area contributed by atoms with Gasteiger partial charge in [0.25, 0.3) is 5.91 Å².